The van der Waals surface area contributed by atoms with Gasteiger partial charge in [0.2, 0.25) is 5.91 Å². The molecule has 2 N–H and O–H groups in total. The zero-order valence-corrected chi connectivity index (χ0v) is 13.8. The van der Waals surface area contributed by atoms with Crippen LogP contribution in [0.3, 0.4) is 0 Å². The Labute approximate surface area is 127 Å². The van der Waals surface area contributed by atoms with Crippen LogP contribution in [0.1, 0.15) is 26.7 Å². The molecule has 1 fully saturated rings. The van der Waals surface area contributed by atoms with Crippen LogP contribution in [0.15, 0.2) is 0 Å². The van der Waals surface area contributed by atoms with Crippen LogP contribution < -0.4 is 10.0 Å². The maximum Gasteiger partial charge on any atom is 0.222 e. The van der Waals surface area contributed by atoms with Crippen molar-refractivity contribution in [1.29, 1.82) is 0 Å². The quantitative estimate of drug-likeness (QED) is 0.494. The molecule has 0 saturated carbocycles. The smallest absolute Gasteiger partial charge is 0.222 e. The number of hydrogen-bond acceptors (Lipinski definition) is 5. The van der Waals surface area contributed by atoms with Crippen molar-refractivity contribution in [2.75, 3.05) is 45.6 Å². The minimum absolute atomic E-state index is 0.0474. The fourth-order valence-corrected chi connectivity index (χ4v) is 2.76. The summed E-state index contributed by atoms with van der Waals surface area (Å²) in [5.74, 6) is 0.142. The third-order valence-electron chi connectivity index (χ3n) is 3.49. The van der Waals surface area contributed by atoms with Crippen LogP contribution >= 0.6 is 11.9 Å². The van der Waals surface area contributed by atoms with Gasteiger partial charge in [0.05, 0.1) is 13.2 Å². The van der Waals surface area contributed by atoms with Crippen molar-refractivity contribution in [2.45, 2.75) is 32.7 Å². The van der Waals surface area contributed by atoms with E-state index in [1.807, 2.05) is 13.8 Å². The summed E-state index contributed by atoms with van der Waals surface area (Å²) in [5, 5.41) is 2.85. The predicted octanol–water partition coefficient (Wildman–Crippen LogP) is 1.11. The molecule has 118 valence electrons. The molecule has 1 amide bonds. The van der Waals surface area contributed by atoms with E-state index >= 15 is 0 Å². The van der Waals surface area contributed by atoms with E-state index in [-0.39, 0.29) is 11.8 Å². The normalized spacial score (nSPS) is 17.6. The van der Waals surface area contributed by atoms with Gasteiger partial charge >= 0.3 is 0 Å². The van der Waals surface area contributed by atoms with Gasteiger partial charge in [-0.25, -0.2) is 0 Å². The minimum Gasteiger partial charge on any atom is -0.378 e. The summed E-state index contributed by atoms with van der Waals surface area (Å²) in [6.45, 7) is 9.02. The number of nitrogens with zero attached hydrogens (tertiary/aromatic N) is 1. The summed E-state index contributed by atoms with van der Waals surface area (Å²) in [7, 11) is 0. The third kappa shape index (κ3) is 7.47. The molecule has 1 aliphatic heterocycles. The molecule has 0 aliphatic carbocycles. The number of piperidine rings is 1. The highest BCUT2D eigenvalue weighted by atomic mass is 32.2. The maximum atomic E-state index is 11.3. The van der Waals surface area contributed by atoms with E-state index < -0.39 is 0 Å². The first-order valence-corrected chi connectivity index (χ1v) is 8.72. The molecule has 0 aromatic rings. The van der Waals surface area contributed by atoms with Gasteiger partial charge in [-0.05, 0) is 32.2 Å². The second-order valence-electron chi connectivity index (χ2n) is 5.50. The van der Waals surface area contributed by atoms with E-state index in [4.69, 9.17) is 4.74 Å². The second kappa shape index (κ2) is 10.4. The molecule has 0 atom stereocenters. The Bertz CT molecular complexity index is 269. The fraction of sp³-hybridized carbons (Fsp3) is 0.929. The van der Waals surface area contributed by atoms with Crippen LogP contribution in [0, 0.1) is 5.92 Å². The molecule has 5 nitrogen and oxygen atoms in total. The maximum absolute atomic E-state index is 11.3. The topological polar surface area (TPSA) is 53.6 Å². The van der Waals surface area contributed by atoms with E-state index in [0.717, 1.165) is 26.2 Å². The van der Waals surface area contributed by atoms with Crippen LogP contribution in [0.25, 0.3) is 0 Å². The van der Waals surface area contributed by atoms with Crippen molar-refractivity contribution in [3.8, 4) is 0 Å². The molecular formula is C14H29N3O2S. The van der Waals surface area contributed by atoms with Crippen LogP contribution in [-0.4, -0.2) is 62.5 Å². The molecule has 0 bridgehead atoms. The van der Waals surface area contributed by atoms with E-state index in [9.17, 15) is 4.79 Å². The summed E-state index contributed by atoms with van der Waals surface area (Å²) in [4.78, 5) is 13.8. The van der Waals surface area contributed by atoms with E-state index in [1.165, 1.54) is 12.8 Å². The number of carbonyl (C=O) groups is 1. The first-order valence-electron chi connectivity index (χ1n) is 7.49. The lowest BCUT2D eigenvalue weighted by molar-refractivity contribution is -0.124. The minimum atomic E-state index is 0.0474. The van der Waals surface area contributed by atoms with Crippen molar-refractivity contribution in [2.24, 2.45) is 5.92 Å². The molecule has 6 heteroatoms. The Morgan fingerprint density at radius 3 is 2.65 bits per heavy atom. The van der Waals surface area contributed by atoms with Crippen LogP contribution in [0.4, 0.5) is 0 Å². The lowest BCUT2D eigenvalue weighted by Crippen LogP contribution is -2.41. The number of likely N-dealkylation sites (tertiary alicyclic amines) is 1. The number of carbonyl (C=O) groups excluding carboxylic acids is 1. The standard InChI is InChI=1S/C14H29N3O2S/c1-12(2)14(18)15-6-10-19-11-9-17-7-4-13(5-8-17)16-20-3/h12-13,16H,4-11H2,1-3H3,(H,15,18). The summed E-state index contributed by atoms with van der Waals surface area (Å²) >= 11 is 1.71. The SMILES string of the molecule is CSNC1CCN(CCOCCNC(=O)C(C)C)CC1. The molecule has 0 spiro atoms. The van der Waals surface area contributed by atoms with E-state index in [0.29, 0.717) is 19.2 Å². The van der Waals surface area contributed by atoms with Crippen LogP contribution in [0.5, 0.6) is 0 Å². The Balaban J connectivity index is 1.93. The van der Waals surface area contributed by atoms with Crippen molar-refractivity contribution in [1.82, 2.24) is 14.9 Å². The number of ether oxygens (including phenoxy) is 1. The van der Waals surface area contributed by atoms with Gasteiger partial charge in [-0.3, -0.25) is 9.52 Å². The molecule has 1 heterocycles. The number of amides is 1. The molecule has 1 aliphatic rings. The average molecular weight is 303 g/mol. The highest BCUT2D eigenvalue weighted by Gasteiger charge is 2.17. The summed E-state index contributed by atoms with van der Waals surface area (Å²) in [5.41, 5.74) is 0. The van der Waals surface area contributed by atoms with Gasteiger partial charge in [-0.15, -0.1) is 0 Å². The first kappa shape index (κ1) is 17.8. The van der Waals surface area contributed by atoms with Gasteiger partial charge in [0, 0.05) is 25.0 Å². The summed E-state index contributed by atoms with van der Waals surface area (Å²) in [6, 6.07) is 0.661. The highest BCUT2D eigenvalue weighted by molar-refractivity contribution is 7.96. The first-order chi connectivity index (χ1) is 9.63. The molecule has 0 aromatic carbocycles. The predicted molar refractivity (Wildman–Crippen MR) is 84.8 cm³/mol. The second-order valence-corrected chi connectivity index (χ2v) is 6.14. The van der Waals surface area contributed by atoms with Crippen molar-refractivity contribution in [3.63, 3.8) is 0 Å². The average Bonchev–Trinajstić information content (AvgIpc) is 2.44. The van der Waals surface area contributed by atoms with Gasteiger partial charge < -0.3 is 15.0 Å². The summed E-state index contributed by atoms with van der Waals surface area (Å²) < 4.78 is 8.99. The van der Waals surface area contributed by atoms with Crippen molar-refractivity contribution in [3.05, 3.63) is 0 Å². The van der Waals surface area contributed by atoms with Gasteiger partial charge in [0.1, 0.15) is 0 Å². The number of hydrogen-bond donors (Lipinski definition) is 2. The number of nitrogens with one attached hydrogen (secondary N) is 2. The lowest BCUT2D eigenvalue weighted by Gasteiger charge is -2.31. The van der Waals surface area contributed by atoms with Gasteiger partial charge in [-0.1, -0.05) is 25.8 Å². The van der Waals surface area contributed by atoms with Crippen molar-refractivity contribution < 1.29 is 9.53 Å². The van der Waals surface area contributed by atoms with Gasteiger partial charge in [0.25, 0.3) is 0 Å². The number of rotatable bonds is 9. The zero-order chi connectivity index (χ0) is 14.8. The Morgan fingerprint density at radius 1 is 1.35 bits per heavy atom. The Morgan fingerprint density at radius 2 is 2.05 bits per heavy atom. The largest absolute Gasteiger partial charge is 0.378 e. The summed E-state index contributed by atoms with van der Waals surface area (Å²) in [6.07, 6.45) is 4.51. The monoisotopic (exact) mass is 303 g/mol. The molecule has 0 unspecified atom stereocenters. The Hall–Kier alpha value is -0.300. The third-order valence-corrected chi connectivity index (χ3v) is 4.06. The van der Waals surface area contributed by atoms with Crippen LogP contribution in [0.2, 0.25) is 0 Å². The molecule has 0 aromatic heterocycles. The van der Waals surface area contributed by atoms with Gasteiger partial charge in [0.15, 0.2) is 0 Å². The molecule has 0 radical (unpaired) electrons. The fourth-order valence-electron chi connectivity index (χ4n) is 2.19. The van der Waals surface area contributed by atoms with E-state index in [1.54, 1.807) is 11.9 Å². The van der Waals surface area contributed by atoms with Gasteiger partial charge in [-0.2, -0.15) is 0 Å². The zero-order valence-electron chi connectivity index (χ0n) is 13.0. The lowest BCUT2D eigenvalue weighted by atomic mass is 10.1. The van der Waals surface area contributed by atoms with Crippen molar-refractivity contribution >= 4 is 17.9 Å². The van der Waals surface area contributed by atoms with E-state index in [2.05, 4.69) is 21.2 Å². The Kier molecular flexibility index (Phi) is 9.26. The molecule has 1 rings (SSSR count). The highest BCUT2D eigenvalue weighted by Crippen LogP contribution is 2.11. The molecule has 20 heavy (non-hydrogen) atoms. The molecule has 1 saturated heterocycles. The van der Waals surface area contributed by atoms with Crippen LogP contribution in [-0.2, 0) is 9.53 Å². The molecular weight excluding hydrogens is 274 g/mol.